The number of ketones is 1. The summed E-state index contributed by atoms with van der Waals surface area (Å²) in [5, 5.41) is 1.15. The summed E-state index contributed by atoms with van der Waals surface area (Å²) in [4.78, 5) is 15.1. The van der Waals surface area contributed by atoms with Gasteiger partial charge >= 0.3 is 0 Å². The quantitative estimate of drug-likeness (QED) is 0.618. The molecule has 0 saturated carbocycles. The molecule has 0 N–H and O–H groups in total. The molecule has 0 aliphatic carbocycles. The summed E-state index contributed by atoms with van der Waals surface area (Å²) in [6.07, 6.45) is 0. The van der Waals surface area contributed by atoms with Crippen LogP contribution in [0.4, 0.5) is 0 Å². The Morgan fingerprint density at radius 3 is 2.53 bits per heavy atom. The van der Waals surface area contributed by atoms with E-state index >= 15 is 0 Å². The van der Waals surface area contributed by atoms with E-state index in [0.717, 1.165) is 15.1 Å². The van der Waals surface area contributed by atoms with Gasteiger partial charge in [-0.05, 0) is 36.6 Å². The summed E-state index contributed by atoms with van der Waals surface area (Å²) >= 11 is 3.12. The second-order valence-corrected chi connectivity index (χ2v) is 6.26. The van der Waals surface area contributed by atoms with E-state index in [4.69, 9.17) is 0 Å². The molecule has 0 aliphatic heterocycles. The SMILES string of the molecule is Cc1ccc(C(=O)c2cc3ccccc3s2)s1. The Balaban J connectivity index is 2.06. The van der Waals surface area contributed by atoms with Gasteiger partial charge in [0.1, 0.15) is 0 Å². The van der Waals surface area contributed by atoms with E-state index in [0.29, 0.717) is 0 Å². The van der Waals surface area contributed by atoms with Crippen molar-refractivity contribution in [1.29, 1.82) is 0 Å². The Hall–Kier alpha value is -1.45. The fraction of sp³-hybridized carbons (Fsp3) is 0.0714. The molecule has 3 aromatic rings. The van der Waals surface area contributed by atoms with Gasteiger partial charge in [-0.2, -0.15) is 0 Å². The van der Waals surface area contributed by atoms with Crippen LogP contribution in [-0.4, -0.2) is 5.78 Å². The third kappa shape index (κ3) is 1.92. The van der Waals surface area contributed by atoms with Crippen LogP contribution in [0, 0.1) is 6.92 Å². The molecular formula is C14H10OS2. The lowest BCUT2D eigenvalue weighted by atomic mass is 10.2. The van der Waals surface area contributed by atoms with Gasteiger partial charge in [-0.15, -0.1) is 22.7 Å². The van der Waals surface area contributed by atoms with Crippen molar-refractivity contribution in [3.63, 3.8) is 0 Å². The van der Waals surface area contributed by atoms with E-state index in [-0.39, 0.29) is 5.78 Å². The van der Waals surface area contributed by atoms with E-state index in [9.17, 15) is 4.79 Å². The van der Waals surface area contributed by atoms with E-state index in [1.54, 1.807) is 22.7 Å². The summed E-state index contributed by atoms with van der Waals surface area (Å²) < 4.78 is 1.17. The molecular weight excluding hydrogens is 248 g/mol. The molecule has 17 heavy (non-hydrogen) atoms. The third-order valence-corrected chi connectivity index (χ3v) is 4.73. The van der Waals surface area contributed by atoms with Gasteiger partial charge in [-0.1, -0.05) is 18.2 Å². The molecule has 0 saturated heterocycles. The molecule has 0 aliphatic rings. The van der Waals surface area contributed by atoms with Crippen LogP contribution in [0.5, 0.6) is 0 Å². The first kappa shape index (κ1) is 10.7. The second kappa shape index (κ2) is 4.09. The van der Waals surface area contributed by atoms with Crippen LogP contribution in [0.3, 0.4) is 0 Å². The maximum atomic E-state index is 12.3. The number of fused-ring (bicyclic) bond motifs is 1. The number of thiophene rings is 2. The van der Waals surface area contributed by atoms with Gasteiger partial charge in [-0.3, -0.25) is 4.79 Å². The summed E-state index contributed by atoms with van der Waals surface area (Å²) in [6.45, 7) is 2.02. The maximum Gasteiger partial charge on any atom is 0.212 e. The van der Waals surface area contributed by atoms with Crippen LogP contribution in [0.2, 0.25) is 0 Å². The number of rotatable bonds is 2. The monoisotopic (exact) mass is 258 g/mol. The van der Waals surface area contributed by atoms with E-state index in [1.807, 2.05) is 43.3 Å². The Kier molecular flexibility index (Phi) is 2.57. The van der Waals surface area contributed by atoms with Crippen molar-refractivity contribution in [2.24, 2.45) is 0 Å². The van der Waals surface area contributed by atoms with Crippen LogP contribution in [-0.2, 0) is 0 Å². The molecule has 2 heterocycles. The molecule has 2 aromatic heterocycles. The standard InChI is InChI=1S/C14H10OS2/c1-9-6-7-12(16-9)14(15)13-8-10-4-2-3-5-11(10)17-13/h2-8H,1H3. The molecule has 3 heteroatoms. The van der Waals surface area contributed by atoms with Gasteiger partial charge in [-0.25, -0.2) is 0 Å². The molecule has 1 nitrogen and oxygen atoms in total. The number of benzene rings is 1. The minimum absolute atomic E-state index is 0.143. The molecule has 84 valence electrons. The smallest absolute Gasteiger partial charge is 0.212 e. The Labute approximate surface area is 107 Å². The topological polar surface area (TPSA) is 17.1 Å². The zero-order valence-corrected chi connectivity index (χ0v) is 10.9. The lowest BCUT2D eigenvalue weighted by Crippen LogP contribution is -1.93. The highest BCUT2D eigenvalue weighted by Gasteiger charge is 2.13. The molecule has 0 unspecified atom stereocenters. The van der Waals surface area contributed by atoms with Gasteiger partial charge in [0.2, 0.25) is 5.78 Å². The van der Waals surface area contributed by atoms with Gasteiger partial charge in [0.15, 0.2) is 0 Å². The van der Waals surface area contributed by atoms with Gasteiger partial charge in [0.05, 0.1) is 9.75 Å². The van der Waals surface area contributed by atoms with Gasteiger partial charge in [0.25, 0.3) is 0 Å². The maximum absolute atomic E-state index is 12.3. The summed E-state index contributed by atoms with van der Waals surface area (Å²) in [5.41, 5.74) is 0. The average Bonchev–Trinajstić information content (AvgIpc) is 2.93. The van der Waals surface area contributed by atoms with Crippen LogP contribution in [0.25, 0.3) is 10.1 Å². The molecule has 0 radical (unpaired) electrons. The second-order valence-electron chi connectivity index (χ2n) is 3.89. The zero-order valence-electron chi connectivity index (χ0n) is 9.27. The summed E-state index contributed by atoms with van der Waals surface area (Å²) in [6, 6.07) is 14.0. The zero-order chi connectivity index (χ0) is 11.8. The summed E-state index contributed by atoms with van der Waals surface area (Å²) in [7, 11) is 0. The highest BCUT2D eigenvalue weighted by Crippen LogP contribution is 2.28. The molecule has 0 amide bonds. The van der Waals surface area contributed by atoms with Crippen molar-refractivity contribution >= 4 is 38.5 Å². The first-order chi connectivity index (χ1) is 8.24. The number of aryl methyl sites for hydroxylation is 1. The van der Waals surface area contributed by atoms with E-state index < -0.39 is 0 Å². The lowest BCUT2D eigenvalue weighted by molar-refractivity contribution is 0.104. The van der Waals surface area contributed by atoms with Crippen molar-refractivity contribution in [2.45, 2.75) is 6.92 Å². The Bertz CT molecular complexity index is 658. The van der Waals surface area contributed by atoms with Gasteiger partial charge < -0.3 is 0 Å². The van der Waals surface area contributed by atoms with Crippen LogP contribution < -0.4 is 0 Å². The van der Waals surface area contributed by atoms with E-state index in [2.05, 4.69) is 6.07 Å². The van der Waals surface area contributed by atoms with E-state index in [1.165, 1.54) is 9.58 Å². The lowest BCUT2D eigenvalue weighted by Gasteiger charge is -1.90. The Morgan fingerprint density at radius 2 is 1.82 bits per heavy atom. The van der Waals surface area contributed by atoms with Crippen molar-refractivity contribution < 1.29 is 4.79 Å². The predicted octanol–water partition coefficient (Wildman–Crippen LogP) is 4.50. The fourth-order valence-corrected chi connectivity index (χ4v) is 3.67. The highest BCUT2D eigenvalue weighted by molar-refractivity contribution is 7.22. The highest BCUT2D eigenvalue weighted by atomic mass is 32.1. The number of hydrogen-bond acceptors (Lipinski definition) is 3. The number of hydrogen-bond donors (Lipinski definition) is 0. The largest absolute Gasteiger partial charge is 0.287 e. The minimum atomic E-state index is 0.143. The van der Waals surface area contributed by atoms with Gasteiger partial charge in [0, 0.05) is 9.58 Å². The van der Waals surface area contributed by atoms with Crippen molar-refractivity contribution in [2.75, 3.05) is 0 Å². The molecule has 0 bridgehead atoms. The number of carbonyl (C=O) groups is 1. The molecule has 3 rings (SSSR count). The number of carbonyl (C=O) groups excluding carboxylic acids is 1. The molecule has 0 atom stereocenters. The first-order valence-corrected chi connectivity index (χ1v) is 6.97. The van der Waals surface area contributed by atoms with Crippen molar-refractivity contribution in [3.05, 3.63) is 57.1 Å². The Morgan fingerprint density at radius 1 is 1.00 bits per heavy atom. The fourth-order valence-electron chi connectivity index (χ4n) is 1.77. The van der Waals surface area contributed by atoms with Crippen LogP contribution in [0.1, 0.15) is 19.4 Å². The molecule has 1 aromatic carbocycles. The minimum Gasteiger partial charge on any atom is -0.287 e. The first-order valence-electron chi connectivity index (χ1n) is 5.34. The van der Waals surface area contributed by atoms with Crippen LogP contribution >= 0.6 is 22.7 Å². The van der Waals surface area contributed by atoms with Crippen LogP contribution in [0.15, 0.2) is 42.5 Å². The summed E-state index contributed by atoms with van der Waals surface area (Å²) in [5.74, 6) is 0.143. The van der Waals surface area contributed by atoms with Crippen molar-refractivity contribution in [3.8, 4) is 0 Å². The molecule has 0 fully saturated rings. The predicted molar refractivity (Wildman–Crippen MR) is 74.3 cm³/mol. The van der Waals surface area contributed by atoms with Crippen molar-refractivity contribution in [1.82, 2.24) is 0 Å². The molecule has 0 spiro atoms. The normalized spacial score (nSPS) is 10.9. The third-order valence-electron chi connectivity index (χ3n) is 2.61. The average molecular weight is 258 g/mol.